The zero-order chi connectivity index (χ0) is 9.35. The summed E-state index contributed by atoms with van der Waals surface area (Å²) in [5.41, 5.74) is -0.210. The van der Waals surface area contributed by atoms with Gasteiger partial charge in [0.05, 0.1) is 13.1 Å². The minimum Gasteiger partial charge on any atom is -0.333 e. The smallest absolute Gasteiger partial charge is 0.246 e. The van der Waals surface area contributed by atoms with Gasteiger partial charge in [0.15, 0.2) is 0 Å². The molecule has 1 fully saturated rings. The molecule has 0 aliphatic carbocycles. The van der Waals surface area contributed by atoms with E-state index in [1.807, 2.05) is 13.8 Å². The molecule has 0 N–H and O–H groups in total. The van der Waals surface area contributed by atoms with Crippen LogP contribution in [0.1, 0.15) is 20.8 Å². The molecule has 0 aromatic rings. The number of amides is 1. The lowest BCUT2D eigenvalue weighted by Gasteiger charge is -2.41. The maximum atomic E-state index is 12.9. The molecule has 68 valence electrons. The van der Waals surface area contributed by atoms with Crippen molar-refractivity contribution >= 4 is 5.91 Å². The predicted molar refractivity (Wildman–Crippen MR) is 45.5 cm³/mol. The van der Waals surface area contributed by atoms with E-state index in [9.17, 15) is 9.18 Å². The Hall–Kier alpha value is -0.860. The Morgan fingerprint density at radius 2 is 2.00 bits per heavy atom. The number of allylic oxidation sites excluding steroid dienone is 1. The lowest BCUT2D eigenvalue weighted by molar-refractivity contribution is -0.138. The van der Waals surface area contributed by atoms with E-state index in [0.29, 0.717) is 0 Å². The van der Waals surface area contributed by atoms with E-state index in [0.717, 1.165) is 5.57 Å². The van der Waals surface area contributed by atoms with Crippen molar-refractivity contribution in [3.8, 4) is 0 Å². The molecule has 3 heteroatoms. The van der Waals surface area contributed by atoms with Gasteiger partial charge < -0.3 is 4.90 Å². The molecule has 2 nitrogen and oxygen atoms in total. The number of likely N-dealkylation sites (tertiary alicyclic amines) is 1. The number of rotatable bonds is 1. The molecule has 1 heterocycles. The van der Waals surface area contributed by atoms with E-state index in [1.54, 1.807) is 0 Å². The highest BCUT2D eigenvalue weighted by molar-refractivity contribution is 5.89. The highest BCUT2D eigenvalue weighted by Crippen LogP contribution is 2.24. The molecule has 1 amide bonds. The molecular weight excluding hydrogens is 157 g/mol. The van der Waals surface area contributed by atoms with Crippen LogP contribution in [0.2, 0.25) is 0 Å². The second kappa shape index (κ2) is 2.88. The normalized spacial score (nSPS) is 19.8. The average Bonchev–Trinajstić information content (AvgIpc) is 1.80. The van der Waals surface area contributed by atoms with Crippen LogP contribution in [0.15, 0.2) is 11.6 Å². The van der Waals surface area contributed by atoms with Crippen LogP contribution in [0.25, 0.3) is 0 Å². The van der Waals surface area contributed by atoms with Crippen LogP contribution in [-0.4, -0.2) is 29.6 Å². The first-order valence-corrected chi connectivity index (χ1v) is 4.03. The van der Waals surface area contributed by atoms with Crippen LogP contribution in [0.5, 0.6) is 0 Å². The Morgan fingerprint density at radius 1 is 1.50 bits per heavy atom. The molecule has 0 bridgehead atoms. The van der Waals surface area contributed by atoms with E-state index >= 15 is 0 Å². The van der Waals surface area contributed by atoms with Crippen LogP contribution in [0.3, 0.4) is 0 Å². The van der Waals surface area contributed by atoms with Gasteiger partial charge in [-0.2, -0.15) is 0 Å². The van der Waals surface area contributed by atoms with Crippen LogP contribution in [0.4, 0.5) is 4.39 Å². The van der Waals surface area contributed by atoms with Crippen LogP contribution < -0.4 is 0 Å². The summed E-state index contributed by atoms with van der Waals surface area (Å²) in [6, 6.07) is 0. The van der Waals surface area contributed by atoms with Crippen molar-refractivity contribution in [1.29, 1.82) is 0 Å². The molecule has 1 aliphatic heterocycles. The summed E-state index contributed by atoms with van der Waals surface area (Å²) in [6.07, 6.45) is 1.54. The third-order valence-electron chi connectivity index (χ3n) is 1.76. The summed E-state index contributed by atoms with van der Waals surface area (Å²) in [5, 5.41) is 0. The molecule has 0 radical (unpaired) electrons. The van der Waals surface area contributed by atoms with Crippen molar-refractivity contribution in [1.82, 2.24) is 4.90 Å². The quantitative estimate of drug-likeness (QED) is 0.548. The van der Waals surface area contributed by atoms with Crippen LogP contribution in [0, 0.1) is 0 Å². The van der Waals surface area contributed by atoms with E-state index in [-0.39, 0.29) is 19.0 Å². The van der Waals surface area contributed by atoms with Crippen molar-refractivity contribution in [2.75, 3.05) is 13.1 Å². The fourth-order valence-electron chi connectivity index (χ4n) is 1.24. The Morgan fingerprint density at radius 3 is 2.33 bits per heavy atom. The zero-order valence-corrected chi connectivity index (χ0v) is 7.72. The number of hydrogen-bond acceptors (Lipinski definition) is 1. The average molecular weight is 171 g/mol. The standard InChI is InChI=1S/C9H14FNO/c1-7(2)4-8(12)11-5-9(3,10)6-11/h4H,5-6H2,1-3H3. The molecular formula is C9H14FNO. The van der Waals surface area contributed by atoms with E-state index in [4.69, 9.17) is 0 Å². The number of halogens is 1. The molecule has 12 heavy (non-hydrogen) atoms. The van der Waals surface area contributed by atoms with E-state index in [1.165, 1.54) is 17.9 Å². The van der Waals surface area contributed by atoms with Crippen LogP contribution in [-0.2, 0) is 4.79 Å². The third kappa shape index (κ3) is 2.06. The summed E-state index contributed by atoms with van der Waals surface area (Å²) in [4.78, 5) is 12.7. The predicted octanol–water partition coefficient (Wildman–Crippen LogP) is 1.52. The molecule has 0 spiro atoms. The Balaban J connectivity index is 2.44. The molecule has 1 saturated heterocycles. The lowest BCUT2D eigenvalue weighted by Crippen LogP contribution is -2.58. The summed E-state index contributed by atoms with van der Waals surface area (Å²) in [6.45, 7) is 5.68. The molecule has 0 aromatic carbocycles. The molecule has 0 atom stereocenters. The molecule has 0 aromatic heterocycles. The van der Waals surface area contributed by atoms with Crippen molar-refractivity contribution in [2.24, 2.45) is 0 Å². The van der Waals surface area contributed by atoms with Crippen molar-refractivity contribution in [3.63, 3.8) is 0 Å². The van der Waals surface area contributed by atoms with E-state index in [2.05, 4.69) is 0 Å². The van der Waals surface area contributed by atoms with Gasteiger partial charge in [0, 0.05) is 6.08 Å². The van der Waals surface area contributed by atoms with Crippen molar-refractivity contribution in [3.05, 3.63) is 11.6 Å². The van der Waals surface area contributed by atoms with Gasteiger partial charge in [-0.25, -0.2) is 4.39 Å². The molecule has 0 unspecified atom stereocenters. The summed E-state index contributed by atoms with van der Waals surface area (Å²) in [5.74, 6) is -0.0786. The van der Waals surface area contributed by atoms with Gasteiger partial charge in [-0.3, -0.25) is 4.79 Å². The fraction of sp³-hybridized carbons (Fsp3) is 0.667. The van der Waals surface area contributed by atoms with Gasteiger partial charge in [-0.05, 0) is 20.8 Å². The first-order chi connectivity index (χ1) is 5.41. The number of carbonyl (C=O) groups is 1. The number of hydrogen-bond donors (Lipinski definition) is 0. The SMILES string of the molecule is CC(C)=CC(=O)N1CC(C)(F)C1. The van der Waals surface area contributed by atoms with Gasteiger partial charge >= 0.3 is 0 Å². The summed E-state index contributed by atoms with van der Waals surface area (Å²) >= 11 is 0. The first-order valence-electron chi connectivity index (χ1n) is 4.03. The monoisotopic (exact) mass is 171 g/mol. The second-order valence-electron chi connectivity index (χ2n) is 3.83. The number of carbonyl (C=O) groups excluding carboxylic acids is 1. The molecule has 0 saturated carbocycles. The minimum absolute atomic E-state index is 0.0786. The Kier molecular flexibility index (Phi) is 2.22. The minimum atomic E-state index is -1.16. The van der Waals surface area contributed by atoms with Gasteiger partial charge in [-0.1, -0.05) is 5.57 Å². The lowest BCUT2D eigenvalue weighted by atomic mass is 9.99. The molecule has 1 rings (SSSR count). The van der Waals surface area contributed by atoms with Gasteiger partial charge in [-0.15, -0.1) is 0 Å². The summed E-state index contributed by atoms with van der Waals surface area (Å²) < 4.78 is 12.9. The highest BCUT2D eigenvalue weighted by atomic mass is 19.1. The Bertz CT molecular complexity index is 221. The fourth-order valence-corrected chi connectivity index (χ4v) is 1.24. The van der Waals surface area contributed by atoms with Gasteiger partial charge in [0.2, 0.25) is 5.91 Å². The first kappa shape index (κ1) is 9.23. The van der Waals surface area contributed by atoms with Gasteiger partial charge in [0.1, 0.15) is 5.67 Å². The topological polar surface area (TPSA) is 20.3 Å². The van der Waals surface area contributed by atoms with Gasteiger partial charge in [0.25, 0.3) is 0 Å². The number of nitrogens with zero attached hydrogens (tertiary/aromatic N) is 1. The van der Waals surface area contributed by atoms with Crippen molar-refractivity contribution in [2.45, 2.75) is 26.4 Å². The number of alkyl halides is 1. The summed E-state index contributed by atoms with van der Waals surface area (Å²) in [7, 11) is 0. The van der Waals surface area contributed by atoms with E-state index < -0.39 is 5.67 Å². The maximum absolute atomic E-state index is 12.9. The van der Waals surface area contributed by atoms with Crippen molar-refractivity contribution < 1.29 is 9.18 Å². The highest BCUT2D eigenvalue weighted by Gasteiger charge is 2.40. The van der Waals surface area contributed by atoms with Crippen LogP contribution >= 0.6 is 0 Å². The third-order valence-corrected chi connectivity index (χ3v) is 1.76. The zero-order valence-electron chi connectivity index (χ0n) is 7.72. The second-order valence-corrected chi connectivity index (χ2v) is 3.83. The molecule has 1 aliphatic rings. The Labute approximate surface area is 72.1 Å². The largest absolute Gasteiger partial charge is 0.333 e. The maximum Gasteiger partial charge on any atom is 0.246 e.